The van der Waals surface area contributed by atoms with Crippen molar-refractivity contribution < 1.29 is 26.4 Å². The molecule has 1 aromatic carbocycles. The quantitative estimate of drug-likeness (QED) is 0.583. The molecule has 1 saturated heterocycles. The number of aromatic nitrogens is 2. The van der Waals surface area contributed by atoms with Crippen LogP contribution in [0.25, 0.3) is 5.65 Å². The van der Waals surface area contributed by atoms with E-state index in [0.717, 1.165) is 5.65 Å². The molecule has 0 bridgehead atoms. The van der Waals surface area contributed by atoms with Gasteiger partial charge in [0.2, 0.25) is 10.0 Å². The van der Waals surface area contributed by atoms with Crippen molar-refractivity contribution in [2.24, 2.45) is 0 Å². The average molecular weight is 482 g/mol. The number of pyridine rings is 1. The van der Waals surface area contributed by atoms with Crippen molar-refractivity contribution >= 4 is 21.6 Å². The summed E-state index contributed by atoms with van der Waals surface area (Å²) in [5, 5.41) is 2.79. The lowest BCUT2D eigenvalue weighted by Gasteiger charge is -2.34. The van der Waals surface area contributed by atoms with E-state index in [1.165, 1.54) is 21.3 Å². The third-order valence-corrected chi connectivity index (χ3v) is 7.31. The summed E-state index contributed by atoms with van der Waals surface area (Å²) in [6.45, 7) is -0.800. The summed E-state index contributed by atoms with van der Waals surface area (Å²) in [7, 11) is -3.81. The molecule has 1 amide bonds. The average Bonchev–Trinajstić information content (AvgIpc) is 3.25. The molecule has 0 spiro atoms. The van der Waals surface area contributed by atoms with Gasteiger partial charge in [-0.3, -0.25) is 9.69 Å². The predicted octanol–water partition coefficient (Wildman–Crippen LogP) is 2.13. The normalized spacial score (nSPS) is 16.2. The number of carbonyl (C=O) groups excluding carboxylic acids is 1. The number of amides is 1. The smallest absolute Gasteiger partial charge is 0.348 e. The largest absolute Gasteiger partial charge is 0.401 e. The van der Waals surface area contributed by atoms with E-state index in [-0.39, 0.29) is 43.5 Å². The minimum Gasteiger partial charge on any atom is -0.348 e. The molecule has 12 heteroatoms. The maximum absolute atomic E-state index is 12.8. The van der Waals surface area contributed by atoms with Crippen LogP contribution in [-0.4, -0.2) is 71.8 Å². The molecule has 4 rings (SSSR count). The first-order chi connectivity index (χ1) is 15.6. The summed E-state index contributed by atoms with van der Waals surface area (Å²) in [5.41, 5.74) is 1.90. The SMILES string of the molecule is O=C(NCc1ccc(S(=O)(=O)N2CCN(CC(F)(F)F)CC2)cc1)c1ccc2nccn2c1. The third-order valence-electron chi connectivity index (χ3n) is 5.40. The van der Waals surface area contributed by atoms with Gasteiger partial charge in [0.05, 0.1) is 17.0 Å². The molecule has 1 fully saturated rings. The van der Waals surface area contributed by atoms with Gasteiger partial charge in [0.1, 0.15) is 5.65 Å². The number of nitrogens with zero attached hydrogens (tertiary/aromatic N) is 4. The van der Waals surface area contributed by atoms with Crippen LogP contribution < -0.4 is 5.32 Å². The van der Waals surface area contributed by atoms with E-state index < -0.39 is 22.7 Å². The molecule has 1 aliphatic rings. The van der Waals surface area contributed by atoms with Gasteiger partial charge in [0.25, 0.3) is 5.91 Å². The number of hydrogen-bond acceptors (Lipinski definition) is 5. The minimum absolute atomic E-state index is 0.00250. The zero-order chi connectivity index (χ0) is 23.6. The standard InChI is InChI=1S/C21H22F3N5O3S/c22-21(23,24)15-27-9-11-29(12-10-27)33(31,32)18-4-1-16(2-5-18)13-26-20(30)17-3-6-19-25-7-8-28(19)14-17/h1-8,14H,9-13,15H2,(H,26,30). The molecular formula is C21H22F3N5O3S. The molecule has 1 aliphatic heterocycles. The molecule has 0 saturated carbocycles. The summed E-state index contributed by atoms with van der Waals surface area (Å²) < 4.78 is 66.2. The molecule has 0 aliphatic carbocycles. The first kappa shape index (κ1) is 23.2. The Bertz CT molecular complexity index is 1230. The number of benzene rings is 1. The first-order valence-electron chi connectivity index (χ1n) is 10.2. The molecule has 0 radical (unpaired) electrons. The number of fused-ring (bicyclic) bond motifs is 1. The van der Waals surface area contributed by atoms with Crippen LogP contribution in [0.5, 0.6) is 0 Å². The topological polar surface area (TPSA) is 87.0 Å². The van der Waals surface area contributed by atoms with Gasteiger partial charge in [-0.1, -0.05) is 12.1 Å². The number of rotatable bonds is 6. The molecule has 176 valence electrons. The van der Waals surface area contributed by atoms with E-state index in [1.54, 1.807) is 47.3 Å². The molecule has 0 unspecified atom stereocenters. The second-order valence-electron chi connectivity index (χ2n) is 7.73. The lowest BCUT2D eigenvalue weighted by atomic mass is 10.2. The number of halogens is 3. The van der Waals surface area contributed by atoms with Crippen molar-refractivity contribution in [2.75, 3.05) is 32.7 Å². The van der Waals surface area contributed by atoms with Crippen LogP contribution in [0.1, 0.15) is 15.9 Å². The van der Waals surface area contributed by atoms with Crippen molar-refractivity contribution in [1.29, 1.82) is 0 Å². The molecule has 1 N–H and O–H groups in total. The van der Waals surface area contributed by atoms with Crippen LogP contribution in [0.4, 0.5) is 13.2 Å². The van der Waals surface area contributed by atoms with Gasteiger partial charge >= 0.3 is 6.18 Å². The highest BCUT2D eigenvalue weighted by molar-refractivity contribution is 7.89. The van der Waals surface area contributed by atoms with Crippen molar-refractivity contribution in [3.05, 3.63) is 66.1 Å². The van der Waals surface area contributed by atoms with Crippen molar-refractivity contribution in [3.8, 4) is 0 Å². The van der Waals surface area contributed by atoms with Crippen molar-refractivity contribution in [2.45, 2.75) is 17.6 Å². The molecule has 3 aromatic rings. The first-order valence-corrected chi connectivity index (χ1v) is 11.6. The number of carbonyl (C=O) groups is 1. The number of imidazole rings is 1. The minimum atomic E-state index is -4.31. The van der Waals surface area contributed by atoms with Gasteiger partial charge in [0, 0.05) is 51.3 Å². The van der Waals surface area contributed by atoms with Gasteiger partial charge < -0.3 is 9.72 Å². The lowest BCUT2D eigenvalue weighted by molar-refractivity contribution is -0.148. The number of nitrogens with one attached hydrogen (secondary N) is 1. The second kappa shape index (κ2) is 9.12. The molecule has 8 nitrogen and oxygen atoms in total. The highest BCUT2D eigenvalue weighted by Crippen LogP contribution is 2.21. The number of piperazine rings is 1. The number of sulfonamides is 1. The Morgan fingerprint density at radius 3 is 2.39 bits per heavy atom. The molecule has 2 aromatic heterocycles. The van der Waals surface area contributed by atoms with Crippen molar-refractivity contribution in [1.82, 2.24) is 23.9 Å². The van der Waals surface area contributed by atoms with E-state index in [1.807, 2.05) is 0 Å². The fourth-order valence-electron chi connectivity index (χ4n) is 3.65. The maximum atomic E-state index is 12.8. The summed E-state index contributed by atoms with van der Waals surface area (Å²) in [6, 6.07) is 9.49. The van der Waals surface area contributed by atoms with Crippen LogP contribution in [-0.2, 0) is 16.6 Å². The maximum Gasteiger partial charge on any atom is 0.401 e. The van der Waals surface area contributed by atoms with Crippen LogP contribution in [0, 0.1) is 0 Å². The van der Waals surface area contributed by atoms with Gasteiger partial charge in [-0.25, -0.2) is 13.4 Å². The van der Waals surface area contributed by atoms with Crippen LogP contribution in [0.3, 0.4) is 0 Å². The van der Waals surface area contributed by atoms with Gasteiger partial charge in [-0.15, -0.1) is 0 Å². The second-order valence-corrected chi connectivity index (χ2v) is 9.67. The summed E-state index contributed by atoms with van der Waals surface area (Å²) in [4.78, 5) is 17.8. The Kier molecular flexibility index (Phi) is 6.41. The number of alkyl halides is 3. The fourth-order valence-corrected chi connectivity index (χ4v) is 5.07. The lowest BCUT2D eigenvalue weighted by Crippen LogP contribution is -2.50. The highest BCUT2D eigenvalue weighted by atomic mass is 32.2. The Morgan fingerprint density at radius 2 is 1.73 bits per heavy atom. The highest BCUT2D eigenvalue weighted by Gasteiger charge is 2.34. The van der Waals surface area contributed by atoms with Crippen molar-refractivity contribution in [3.63, 3.8) is 0 Å². The Morgan fingerprint density at radius 1 is 1.03 bits per heavy atom. The molecule has 33 heavy (non-hydrogen) atoms. The van der Waals surface area contributed by atoms with E-state index in [2.05, 4.69) is 10.3 Å². The summed E-state index contributed by atoms with van der Waals surface area (Å²) in [5.74, 6) is -0.279. The molecule has 0 atom stereocenters. The fraction of sp³-hybridized carbons (Fsp3) is 0.333. The summed E-state index contributed by atoms with van der Waals surface area (Å²) >= 11 is 0. The van der Waals surface area contributed by atoms with E-state index in [4.69, 9.17) is 0 Å². The predicted molar refractivity (Wildman–Crippen MR) is 114 cm³/mol. The zero-order valence-electron chi connectivity index (χ0n) is 17.5. The monoisotopic (exact) mass is 481 g/mol. The number of hydrogen-bond donors (Lipinski definition) is 1. The molecule has 3 heterocycles. The molecular weight excluding hydrogens is 459 g/mol. The Hall–Kier alpha value is -2.96. The van der Waals surface area contributed by atoms with Crippen LogP contribution in [0.15, 0.2) is 59.9 Å². The summed E-state index contributed by atoms with van der Waals surface area (Å²) in [6.07, 6.45) is 0.733. The Labute approximate surface area is 188 Å². The zero-order valence-corrected chi connectivity index (χ0v) is 18.3. The van der Waals surface area contributed by atoms with E-state index in [9.17, 15) is 26.4 Å². The van der Waals surface area contributed by atoms with Crippen LogP contribution in [0.2, 0.25) is 0 Å². The van der Waals surface area contributed by atoms with Gasteiger partial charge in [-0.05, 0) is 29.8 Å². The van der Waals surface area contributed by atoms with E-state index >= 15 is 0 Å². The van der Waals surface area contributed by atoms with Crippen LogP contribution >= 0.6 is 0 Å². The van der Waals surface area contributed by atoms with Gasteiger partial charge in [0.15, 0.2) is 0 Å². The Balaban J connectivity index is 1.34. The van der Waals surface area contributed by atoms with E-state index in [0.29, 0.717) is 11.1 Å². The third kappa shape index (κ3) is 5.52. The van der Waals surface area contributed by atoms with Gasteiger partial charge in [-0.2, -0.15) is 17.5 Å².